The lowest BCUT2D eigenvalue weighted by Crippen LogP contribution is -2.33. The van der Waals surface area contributed by atoms with Crippen LogP contribution in [0.3, 0.4) is 0 Å². The van der Waals surface area contributed by atoms with E-state index in [-0.39, 0.29) is 5.25 Å². The van der Waals surface area contributed by atoms with Crippen molar-refractivity contribution in [1.82, 2.24) is 0 Å². The van der Waals surface area contributed by atoms with Gasteiger partial charge in [0.2, 0.25) is 0 Å². The number of alkyl halides is 3. The van der Waals surface area contributed by atoms with Gasteiger partial charge in [-0.15, -0.1) is 11.8 Å². The van der Waals surface area contributed by atoms with Crippen molar-refractivity contribution in [3.63, 3.8) is 0 Å². The zero-order chi connectivity index (χ0) is 15.7. The number of halogens is 3. The molecule has 0 heterocycles. The number of hydrogen-bond acceptors (Lipinski definition) is 2. The molecule has 1 aromatic rings. The van der Waals surface area contributed by atoms with E-state index in [9.17, 15) is 18.0 Å². The average molecular weight is 318 g/mol. The van der Waals surface area contributed by atoms with Crippen molar-refractivity contribution in [1.29, 1.82) is 0 Å². The molecule has 0 bridgehead atoms. The highest BCUT2D eigenvalue weighted by Crippen LogP contribution is 2.43. The van der Waals surface area contributed by atoms with Crippen molar-refractivity contribution >= 4 is 17.7 Å². The first-order chi connectivity index (χ1) is 9.71. The standard InChI is InChI=1S/C15H17F3O2S/c1-14(13(19)20)7-5-11(6-8-14)21-12-4-2-3-10(9-12)15(16,17)18/h2-4,9,11H,5-8H2,1H3,(H,19,20). The Morgan fingerprint density at radius 1 is 1.33 bits per heavy atom. The molecule has 1 N–H and O–H groups in total. The van der Waals surface area contributed by atoms with E-state index in [1.54, 1.807) is 13.0 Å². The van der Waals surface area contributed by atoms with Gasteiger partial charge in [-0.25, -0.2) is 0 Å². The highest BCUT2D eigenvalue weighted by atomic mass is 32.2. The highest BCUT2D eigenvalue weighted by molar-refractivity contribution is 8.00. The molecule has 1 aliphatic rings. The summed E-state index contributed by atoms with van der Waals surface area (Å²) in [5.74, 6) is -0.787. The monoisotopic (exact) mass is 318 g/mol. The number of aliphatic carboxylic acids is 1. The molecule has 1 fully saturated rings. The summed E-state index contributed by atoms with van der Waals surface area (Å²) in [6, 6.07) is 5.31. The van der Waals surface area contributed by atoms with Gasteiger partial charge in [-0.2, -0.15) is 13.2 Å². The van der Waals surface area contributed by atoms with Crippen LogP contribution in [0.2, 0.25) is 0 Å². The second kappa shape index (κ2) is 5.91. The molecule has 1 saturated carbocycles. The van der Waals surface area contributed by atoms with Crippen LogP contribution in [0, 0.1) is 5.41 Å². The molecule has 0 amide bonds. The predicted octanol–water partition coefficient (Wildman–Crippen LogP) is 4.83. The predicted molar refractivity (Wildman–Crippen MR) is 75.3 cm³/mol. The molecule has 21 heavy (non-hydrogen) atoms. The van der Waals surface area contributed by atoms with Crippen molar-refractivity contribution in [2.24, 2.45) is 5.41 Å². The molecule has 0 aromatic heterocycles. The Morgan fingerprint density at radius 2 is 1.95 bits per heavy atom. The topological polar surface area (TPSA) is 37.3 Å². The van der Waals surface area contributed by atoms with Gasteiger partial charge in [-0.3, -0.25) is 4.79 Å². The number of rotatable bonds is 3. The molecule has 0 saturated heterocycles. The fourth-order valence-electron chi connectivity index (χ4n) is 2.50. The Bertz CT molecular complexity index is 520. The Morgan fingerprint density at radius 3 is 2.48 bits per heavy atom. The van der Waals surface area contributed by atoms with Crippen LogP contribution in [0.5, 0.6) is 0 Å². The quantitative estimate of drug-likeness (QED) is 0.867. The Hall–Kier alpha value is -1.17. The van der Waals surface area contributed by atoms with Crippen LogP contribution in [0.15, 0.2) is 29.2 Å². The maximum Gasteiger partial charge on any atom is 0.416 e. The molecule has 0 spiro atoms. The molecule has 2 rings (SSSR count). The van der Waals surface area contributed by atoms with Crippen LogP contribution in [-0.4, -0.2) is 16.3 Å². The normalized spacial score (nSPS) is 26.6. The lowest BCUT2D eigenvalue weighted by molar-refractivity contribution is -0.149. The Balaban J connectivity index is 2.00. The van der Waals surface area contributed by atoms with Gasteiger partial charge in [0.25, 0.3) is 0 Å². The third-order valence-electron chi connectivity index (χ3n) is 4.02. The van der Waals surface area contributed by atoms with E-state index in [0.717, 1.165) is 12.1 Å². The summed E-state index contributed by atoms with van der Waals surface area (Å²) < 4.78 is 38.0. The number of carbonyl (C=O) groups is 1. The van der Waals surface area contributed by atoms with Crippen LogP contribution in [0.1, 0.15) is 38.2 Å². The number of benzene rings is 1. The number of thioether (sulfide) groups is 1. The first-order valence-corrected chi connectivity index (χ1v) is 7.66. The molecule has 6 heteroatoms. The lowest BCUT2D eigenvalue weighted by atomic mass is 9.76. The third-order valence-corrected chi connectivity index (χ3v) is 5.35. The minimum absolute atomic E-state index is 0.181. The largest absolute Gasteiger partial charge is 0.481 e. The van der Waals surface area contributed by atoms with Crippen molar-refractivity contribution < 1.29 is 23.1 Å². The Labute approximate surface area is 125 Å². The molecule has 0 atom stereocenters. The molecular weight excluding hydrogens is 301 g/mol. The maximum absolute atomic E-state index is 12.7. The molecule has 0 aliphatic heterocycles. The summed E-state index contributed by atoms with van der Waals surface area (Å²) in [4.78, 5) is 11.8. The van der Waals surface area contributed by atoms with Gasteiger partial charge in [-0.05, 0) is 50.8 Å². The maximum atomic E-state index is 12.7. The lowest BCUT2D eigenvalue weighted by Gasteiger charge is -2.33. The summed E-state index contributed by atoms with van der Waals surface area (Å²) >= 11 is 1.41. The number of carboxylic acids is 1. The minimum atomic E-state index is -4.33. The van der Waals surface area contributed by atoms with Crippen LogP contribution >= 0.6 is 11.8 Å². The van der Waals surface area contributed by atoms with Crippen LogP contribution in [0.4, 0.5) is 13.2 Å². The zero-order valence-corrected chi connectivity index (χ0v) is 12.4. The molecule has 1 aliphatic carbocycles. The van der Waals surface area contributed by atoms with E-state index in [2.05, 4.69) is 0 Å². The molecule has 0 unspecified atom stereocenters. The second-order valence-corrected chi connectivity index (χ2v) is 7.08. The van der Waals surface area contributed by atoms with Gasteiger partial charge < -0.3 is 5.11 Å². The molecule has 1 aromatic carbocycles. The molecule has 2 nitrogen and oxygen atoms in total. The van der Waals surface area contributed by atoms with Crippen LogP contribution in [0.25, 0.3) is 0 Å². The van der Waals surface area contributed by atoms with Crippen LogP contribution < -0.4 is 0 Å². The summed E-state index contributed by atoms with van der Waals surface area (Å²) in [5.41, 5.74) is -1.33. The van der Waals surface area contributed by atoms with Gasteiger partial charge in [0.1, 0.15) is 0 Å². The average Bonchev–Trinajstić information content (AvgIpc) is 2.41. The van der Waals surface area contributed by atoms with Crippen LogP contribution in [-0.2, 0) is 11.0 Å². The SMILES string of the molecule is CC1(C(=O)O)CCC(Sc2cccc(C(F)(F)F)c2)CC1. The fourth-order valence-corrected chi connectivity index (χ4v) is 3.71. The Kier molecular flexibility index (Phi) is 4.56. The summed E-state index contributed by atoms with van der Waals surface area (Å²) in [7, 11) is 0. The first kappa shape index (κ1) is 16.2. The van der Waals surface area contributed by atoms with E-state index in [1.807, 2.05) is 0 Å². The molecule has 116 valence electrons. The van der Waals surface area contributed by atoms with E-state index < -0.39 is 23.1 Å². The van der Waals surface area contributed by atoms with Crippen molar-refractivity contribution in [3.05, 3.63) is 29.8 Å². The third kappa shape index (κ3) is 3.93. The van der Waals surface area contributed by atoms with E-state index in [1.165, 1.54) is 17.8 Å². The first-order valence-electron chi connectivity index (χ1n) is 6.78. The van der Waals surface area contributed by atoms with Gasteiger partial charge in [0.05, 0.1) is 11.0 Å². The summed E-state index contributed by atoms with van der Waals surface area (Å²) in [6.07, 6.45) is -1.77. The van der Waals surface area contributed by atoms with Crippen molar-refractivity contribution in [2.75, 3.05) is 0 Å². The fraction of sp³-hybridized carbons (Fsp3) is 0.533. The second-order valence-electron chi connectivity index (χ2n) is 5.71. The zero-order valence-electron chi connectivity index (χ0n) is 11.6. The van der Waals surface area contributed by atoms with E-state index >= 15 is 0 Å². The van der Waals surface area contributed by atoms with Gasteiger partial charge in [0, 0.05) is 10.1 Å². The van der Waals surface area contributed by atoms with Crippen molar-refractivity contribution in [3.8, 4) is 0 Å². The summed E-state index contributed by atoms with van der Waals surface area (Å²) in [5, 5.41) is 9.35. The smallest absolute Gasteiger partial charge is 0.416 e. The highest BCUT2D eigenvalue weighted by Gasteiger charge is 2.38. The van der Waals surface area contributed by atoms with E-state index in [4.69, 9.17) is 5.11 Å². The number of carboxylic acid groups (broad SMARTS) is 1. The van der Waals surface area contributed by atoms with Gasteiger partial charge >= 0.3 is 12.1 Å². The molecule has 0 radical (unpaired) electrons. The van der Waals surface area contributed by atoms with Gasteiger partial charge in [0.15, 0.2) is 0 Å². The minimum Gasteiger partial charge on any atom is -0.481 e. The number of hydrogen-bond donors (Lipinski definition) is 1. The van der Waals surface area contributed by atoms with E-state index in [0.29, 0.717) is 30.6 Å². The molecular formula is C15H17F3O2S. The van der Waals surface area contributed by atoms with Crippen molar-refractivity contribution in [2.45, 2.75) is 48.9 Å². The van der Waals surface area contributed by atoms with Gasteiger partial charge in [-0.1, -0.05) is 6.07 Å². The summed E-state index contributed by atoms with van der Waals surface area (Å²) in [6.45, 7) is 1.74.